The average molecular weight is 344 g/mol. The molecule has 2 heterocycles. The molecule has 2 N–H and O–H groups in total. The van der Waals surface area contributed by atoms with Gasteiger partial charge in [-0.1, -0.05) is 26.0 Å². The van der Waals surface area contributed by atoms with Crippen LogP contribution in [0.25, 0.3) is 10.9 Å². The lowest BCUT2D eigenvalue weighted by atomic mass is 9.93. The molecule has 0 bridgehead atoms. The van der Waals surface area contributed by atoms with Gasteiger partial charge in [-0.3, -0.25) is 4.90 Å². The van der Waals surface area contributed by atoms with E-state index in [4.69, 9.17) is 0 Å². The summed E-state index contributed by atoms with van der Waals surface area (Å²) in [6.07, 6.45) is 3.28. The molecule has 1 aromatic carbocycles. The van der Waals surface area contributed by atoms with Gasteiger partial charge in [0.1, 0.15) is 0 Å². The van der Waals surface area contributed by atoms with Crippen LogP contribution in [0, 0.1) is 5.92 Å². The number of hydrogen-bond donors (Lipinski definition) is 2. The van der Waals surface area contributed by atoms with Gasteiger partial charge >= 0.3 is 0 Å². The van der Waals surface area contributed by atoms with Crippen molar-refractivity contribution < 1.29 is 0 Å². The minimum atomic E-state index is 0. The number of rotatable bonds is 4. The number of nitrogens with one attached hydrogen (secondary N) is 2. The molecule has 22 heavy (non-hydrogen) atoms. The standard InChI is InChI=1S/C17H25N3.2ClH/c1-13(2)12-17(20-10-8-18-9-11-20)15-4-3-5-16-14(15)6-7-19-16;;/h3-7,13,17-19H,8-12H2,1-2H3;2*1H/t17-;;/m0../s1. The Labute approximate surface area is 145 Å². The smallest absolute Gasteiger partial charge is 0.0457 e. The second-order valence-electron chi connectivity index (χ2n) is 6.22. The van der Waals surface area contributed by atoms with Gasteiger partial charge in [-0.2, -0.15) is 0 Å². The Morgan fingerprint density at radius 2 is 1.82 bits per heavy atom. The fraction of sp³-hybridized carbons (Fsp3) is 0.529. The molecule has 0 spiro atoms. The van der Waals surface area contributed by atoms with Gasteiger partial charge in [-0.05, 0) is 30.0 Å². The summed E-state index contributed by atoms with van der Waals surface area (Å²) < 4.78 is 0. The highest BCUT2D eigenvalue weighted by Gasteiger charge is 2.24. The van der Waals surface area contributed by atoms with Crippen LogP contribution in [0.15, 0.2) is 30.5 Å². The van der Waals surface area contributed by atoms with Gasteiger partial charge in [-0.15, -0.1) is 24.8 Å². The quantitative estimate of drug-likeness (QED) is 0.878. The zero-order valence-electron chi connectivity index (χ0n) is 13.3. The predicted octanol–water partition coefficient (Wildman–Crippen LogP) is 4.00. The number of piperazine rings is 1. The number of fused-ring (bicyclic) bond motifs is 1. The summed E-state index contributed by atoms with van der Waals surface area (Å²) in [5, 5.41) is 4.84. The van der Waals surface area contributed by atoms with Crippen molar-refractivity contribution >= 4 is 35.7 Å². The lowest BCUT2D eigenvalue weighted by molar-refractivity contribution is 0.155. The largest absolute Gasteiger partial charge is 0.361 e. The highest BCUT2D eigenvalue weighted by molar-refractivity contribution is 5.85. The molecule has 1 aliphatic heterocycles. The van der Waals surface area contributed by atoms with Crippen LogP contribution in [0.5, 0.6) is 0 Å². The maximum absolute atomic E-state index is 3.46. The first-order valence-electron chi connectivity index (χ1n) is 7.76. The molecule has 1 atom stereocenters. The molecule has 124 valence electrons. The second-order valence-corrected chi connectivity index (χ2v) is 6.22. The Balaban J connectivity index is 0.00000121. The van der Waals surface area contributed by atoms with Gasteiger partial charge < -0.3 is 10.3 Å². The molecule has 0 saturated carbocycles. The number of aromatic nitrogens is 1. The van der Waals surface area contributed by atoms with Crippen LogP contribution in [0.2, 0.25) is 0 Å². The van der Waals surface area contributed by atoms with E-state index in [0.717, 1.165) is 26.2 Å². The summed E-state index contributed by atoms with van der Waals surface area (Å²) in [6, 6.07) is 9.43. The molecule has 0 amide bonds. The van der Waals surface area contributed by atoms with E-state index in [-0.39, 0.29) is 24.8 Å². The van der Waals surface area contributed by atoms with E-state index in [2.05, 4.69) is 59.5 Å². The fourth-order valence-electron chi connectivity index (χ4n) is 3.31. The number of nitrogens with zero attached hydrogens (tertiary/aromatic N) is 1. The topological polar surface area (TPSA) is 31.1 Å². The summed E-state index contributed by atoms with van der Waals surface area (Å²) in [4.78, 5) is 5.99. The Hall–Kier alpha value is -0.740. The highest BCUT2D eigenvalue weighted by atomic mass is 35.5. The molecule has 1 aromatic heterocycles. The van der Waals surface area contributed by atoms with Crippen LogP contribution in [-0.4, -0.2) is 36.1 Å². The van der Waals surface area contributed by atoms with Crippen molar-refractivity contribution in [2.45, 2.75) is 26.3 Å². The van der Waals surface area contributed by atoms with Crippen molar-refractivity contribution in [3.63, 3.8) is 0 Å². The average Bonchev–Trinajstić information content (AvgIpc) is 2.94. The first kappa shape index (κ1) is 19.3. The van der Waals surface area contributed by atoms with Gasteiger partial charge in [0.15, 0.2) is 0 Å². The van der Waals surface area contributed by atoms with Crippen molar-refractivity contribution in [1.29, 1.82) is 0 Å². The van der Waals surface area contributed by atoms with Crippen molar-refractivity contribution in [3.8, 4) is 0 Å². The van der Waals surface area contributed by atoms with Crippen LogP contribution in [0.1, 0.15) is 31.9 Å². The van der Waals surface area contributed by atoms with E-state index >= 15 is 0 Å². The third kappa shape index (κ3) is 4.17. The van der Waals surface area contributed by atoms with Crippen molar-refractivity contribution in [2.24, 2.45) is 5.92 Å². The molecule has 2 aromatic rings. The van der Waals surface area contributed by atoms with Crippen LogP contribution in [-0.2, 0) is 0 Å². The third-order valence-corrected chi connectivity index (χ3v) is 4.27. The van der Waals surface area contributed by atoms with Crippen LogP contribution >= 0.6 is 24.8 Å². The van der Waals surface area contributed by atoms with Crippen molar-refractivity contribution in [2.75, 3.05) is 26.2 Å². The summed E-state index contributed by atoms with van der Waals surface area (Å²) >= 11 is 0. The Kier molecular flexibility index (Phi) is 7.70. The number of benzene rings is 1. The van der Waals surface area contributed by atoms with Crippen molar-refractivity contribution in [1.82, 2.24) is 15.2 Å². The van der Waals surface area contributed by atoms with Gasteiger partial charge in [0.05, 0.1) is 0 Å². The Bertz CT molecular complexity index is 562. The van der Waals surface area contributed by atoms with E-state index in [9.17, 15) is 0 Å². The maximum Gasteiger partial charge on any atom is 0.0457 e. The first-order valence-corrected chi connectivity index (χ1v) is 7.76. The summed E-state index contributed by atoms with van der Waals surface area (Å²) in [5.74, 6) is 0.712. The number of aromatic amines is 1. The van der Waals surface area contributed by atoms with Gasteiger partial charge in [-0.25, -0.2) is 0 Å². The molecule has 3 nitrogen and oxygen atoms in total. The molecule has 5 heteroatoms. The summed E-state index contributed by atoms with van der Waals surface area (Å²) in [5.41, 5.74) is 2.74. The highest BCUT2D eigenvalue weighted by Crippen LogP contribution is 2.32. The fourth-order valence-corrected chi connectivity index (χ4v) is 3.31. The van der Waals surface area contributed by atoms with Gasteiger partial charge in [0.2, 0.25) is 0 Å². The maximum atomic E-state index is 3.46. The summed E-state index contributed by atoms with van der Waals surface area (Å²) in [6.45, 7) is 9.17. The number of H-pyrrole nitrogens is 1. The van der Waals surface area contributed by atoms with Crippen LogP contribution < -0.4 is 5.32 Å². The zero-order chi connectivity index (χ0) is 13.9. The molecule has 1 saturated heterocycles. The molecule has 0 aliphatic carbocycles. The zero-order valence-corrected chi connectivity index (χ0v) is 15.0. The van der Waals surface area contributed by atoms with Crippen LogP contribution in [0.3, 0.4) is 0 Å². The third-order valence-electron chi connectivity index (χ3n) is 4.27. The van der Waals surface area contributed by atoms with Crippen LogP contribution in [0.4, 0.5) is 0 Å². The van der Waals surface area contributed by atoms with E-state index in [0.29, 0.717) is 12.0 Å². The lowest BCUT2D eigenvalue weighted by Gasteiger charge is -2.36. The van der Waals surface area contributed by atoms with E-state index in [1.807, 2.05) is 0 Å². The molecule has 1 aliphatic rings. The second kappa shape index (κ2) is 8.78. The molecule has 0 unspecified atom stereocenters. The molecule has 3 rings (SSSR count). The molecular formula is C17H27Cl2N3. The predicted molar refractivity (Wildman–Crippen MR) is 99.4 cm³/mol. The molecular weight excluding hydrogens is 317 g/mol. The minimum absolute atomic E-state index is 0. The summed E-state index contributed by atoms with van der Waals surface area (Å²) in [7, 11) is 0. The van der Waals surface area contributed by atoms with E-state index in [1.165, 1.54) is 22.9 Å². The Morgan fingerprint density at radius 3 is 2.50 bits per heavy atom. The van der Waals surface area contributed by atoms with E-state index < -0.39 is 0 Å². The number of halogens is 2. The SMILES string of the molecule is CC(C)C[C@@H](c1cccc2[nH]ccc12)N1CCNCC1.Cl.Cl. The monoisotopic (exact) mass is 343 g/mol. The molecule has 1 fully saturated rings. The normalized spacial score (nSPS) is 17.0. The molecule has 0 radical (unpaired) electrons. The van der Waals surface area contributed by atoms with E-state index in [1.54, 1.807) is 0 Å². The number of hydrogen-bond acceptors (Lipinski definition) is 2. The lowest BCUT2D eigenvalue weighted by Crippen LogP contribution is -2.45. The minimum Gasteiger partial charge on any atom is -0.361 e. The van der Waals surface area contributed by atoms with Gasteiger partial charge in [0.25, 0.3) is 0 Å². The first-order chi connectivity index (χ1) is 9.75. The van der Waals surface area contributed by atoms with Gasteiger partial charge in [0, 0.05) is 49.3 Å². The van der Waals surface area contributed by atoms with Crippen molar-refractivity contribution in [3.05, 3.63) is 36.0 Å². The Morgan fingerprint density at radius 1 is 1.09 bits per heavy atom.